The number of rotatable bonds is 5. The Bertz CT molecular complexity index is 821. The lowest BCUT2D eigenvalue weighted by Crippen LogP contribution is -2.00. The van der Waals surface area contributed by atoms with Crippen LogP contribution >= 0.6 is 0 Å². The van der Waals surface area contributed by atoms with Gasteiger partial charge in [0.2, 0.25) is 0 Å². The van der Waals surface area contributed by atoms with Crippen molar-refractivity contribution in [3.05, 3.63) is 65.9 Å². The number of nitrogens with zero attached hydrogens (tertiary/aromatic N) is 1. The van der Waals surface area contributed by atoms with Gasteiger partial charge < -0.3 is 14.0 Å². The van der Waals surface area contributed by atoms with E-state index in [1.807, 2.05) is 66.2 Å². The van der Waals surface area contributed by atoms with Gasteiger partial charge in [0.1, 0.15) is 12.4 Å². The molecule has 0 unspecified atom stereocenters. The van der Waals surface area contributed by atoms with Crippen LogP contribution in [0.1, 0.15) is 22.8 Å². The molecule has 0 atom stereocenters. The summed E-state index contributed by atoms with van der Waals surface area (Å²) in [5.41, 5.74) is 2.67. The molecule has 0 bridgehead atoms. The van der Waals surface area contributed by atoms with Crippen LogP contribution in [0.3, 0.4) is 0 Å². The summed E-state index contributed by atoms with van der Waals surface area (Å²) in [4.78, 5) is 11.9. The number of methoxy groups -OCH3 is 1. The standard InChI is InChI=1S/C19H19NO3/c1-3-20-12-17(19(21)22-2)16-10-9-15(11-18(16)20)23-13-14-7-5-4-6-8-14/h4-12H,3,13H2,1-2H3. The monoisotopic (exact) mass is 309 g/mol. The number of aryl methyl sites for hydroxylation is 1. The quantitative estimate of drug-likeness (QED) is 0.668. The number of fused-ring (bicyclic) bond motifs is 1. The molecule has 4 heteroatoms. The van der Waals surface area contributed by atoms with Crippen molar-refractivity contribution in [3.63, 3.8) is 0 Å². The third-order valence-electron chi connectivity index (χ3n) is 3.85. The zero-order valence-electron chi connectivity index (χ0n) is 13.3. The van der Waals surface area contributed by atoms with Crippen molar-refractivity contribution in [2.24, 2.45) is 0 Å². The van der Waals surface area contributed by atoms with Crippen molar-refractivity contribution < 1.29 is 14.3 Å². The Morgan fingerprint density at radius 1 is 1.13 bits per heavy atom. The van der Waals surface area contributed by atoms with E-state index in [2.05, 4.69) is 0 Å². The van der Waals surface area contributed by atoms with Crippen LogP contribution in [0.15, 0.2) is 54.7 Å². The van der Waals surface area contributed by atoms with Crippen LogP contribution in [-0.4, -0.2) is 17.6 Å². The van der Waals surface area contributed by atoms with Crippen LogP contribution in [0.4, 0.5) is 0 Å². The predicted molar refractivity (Wildman–Crippen MR) is 89.7 cm³/mol. The molecule has 0 aliphatic carbocycles. The number of hydrogen-bond acceptors (Lipinski definition) is 3. The molecule has 0 radical (unpaired) electrons. The predicted octanol–water partition coefficient (Wildman–Crippen LogP) is 4.03. The zero-order chi connectivity index (χ0) is 16.2. The summed E-state index contributed by atoms with van der Waals surface area (Å²) < 4.78 is 12.7. The third kappa shape index (κ3) is 3.06. The molecule has 0 saturated carbocycles. The van der Waals surface area contributed by atoms with E-state index in [-0.39, 0.29) is 5.97 Å². The molecule has 1 aromatic heterocycles. The minimum atomic E-state index is -0.319. The largest absolute Gasteiger partial charge is 0.489 e. The van der Waals surface area contributed by atoms with Crippen LogP contribution < -0.4 is 4.74 Å². The van der Waals surface area contributed by atoms with Gasteiger partial charge in [-0.05, 0) is 24.6 Å². The summed E-state index contributed by atoms with van der Waals surface area (Å²) in [6.07, 6.45) is 1.83. The van der Waals surface area contributed by atoms with Gasteiger partial charge in [0.05, 0.1) is 18.2 Å². The van der Waals surface area contributed by atoms with Crippen molar-refractivity contribution in [3.8, 4) is 5.75 Å². The highest BCUT2D eigenvalue weighted by molar-refractivity contribution is 6.04. The van der Waals surface area contributed by atoms with E-state index in [1.165, 1.54) is 7.11 Å². The minimum absolute atomic E-state index is 0.319. The van der Waals surface area contributed by atoms with Gasteiger partial charge in [0.25, 0.3) is 0 Å². The normalized spacial score (nSPS) is 10.7. The second-order valence-electron chi connectivity index (χ2n) is 5.27. The molecule has 3 rings (SSSR count). The van der Waals surface area contributed by atoms with Crippen LogP contribution in [0, 0.1) is 0 Å². The van der Waals surface area contributed by atoms with E-state index in [1.54, 1.807) is 0 Å². The fourth-order valence-corrected chi connectivity index (χ4v) is 2.64. The summed E-state index contributed by atoms with van der Waals surface area (Å²) in [5.74, 6) is 0.464. The van der Waals surface area contributed by atoms with Gasteiger partial charge >= 0.3 is 5.97 Å². The number of benzene rings is 2. The Kier molecular flexibility index (Phi) is 4.33. The maximum Gasteiger partial charge on any atom is 0.340 e. The highest BCUT2D eigenvalue weighted by atomic mass is 16.5. The van der Waals surface area contributed by atoms with Crippen molar-refractivity contribution in [2.75, 3.05) is 7.11 Å². The summed E-state index contributed by atoms with van der Waals surface area (Å²) >= 11 is 0. The summed E-state index contributed by atoms with van der Waals surface area (Å²) in [7, 11) is 1.40. The first-order valence-electron chi connectivity index (χ1n) is 7.61. The van der Waals surface area contributed by atoms with E-state index in [4.69, 9.17) is 9.47 Å². The molecule has 0 N–H and O–H groups in total. The Labute approximate surface area is 135 Å². The van der Waals surface area contributed by atoms with Crippen LogP contribution in [0.25, 0.3) is 10.9 Å². The van der Waals surface area contributed by atoms with Gasteiger partial charge in [-0.2, -0.15) is 0 Å². The molecule has 0 amide bonds. The molecular weight excluding hydrogens is 290 g/mol. The first kappa shape index (κ1) is 15.2. The maximum atomic E-state index is 11.9. The molecule has 23 heavy (non-hydrogen) atoms. The third-order valence-corrected chi connectivity index (χ3v) is 3.85. The zero-order valence-corrected chi connectivity index (χ0v) is 13.3. The number of aromatic nitrogens is 1. The molecule has 0 saturated heterocycles. The maximum absolute atomic E-state index is 11.9. The number of carbonyl (C=O) groups is 1. The van der Waals surface area contributed by atoms with Gasteiger partial charge in [-0.1, -0.05) is 30.3 Å². The second-order valence-corrected chi connectivity index (χ2v) is 5.27. The molecule has 0 aliphatic heterocycles. The average Bonchev–Trinajstić information content (AvgIpc) is 2.98. The second kappa shape index (κ2) is 6.57. The van der Waals surface area contributed by atoms with E-state index in [0.29, 0.717) is 12.2 Å². The van der Waals surface area contributed by atoms with E-state index < -0.39 is 0 Å². The Balaban J connectivity index is 1.90. The molecular formula is C19H19NO3. The molecule has 0 spiro atoms. The highest BCUT2D eigenvalue weighted by Crippen LogP contribution is 2.27. The highest BCUT2D eigenvalue weighted by Gasteiger charge is 2.15. The number of ether oxygens (including phenoxy) is 2. The Morgan fingerprint density at radius 3 is 2.61 bits per heavy atom. The smallest absolute Gasteiger partial charge is 0.340 e. The molecule has 1 heterocycles. The first-order chi connectivity index (χ1) is 11.2. The molecule has 118 valence electrons. The average molecular weight is 309 g/mol. The molecule has 2 aromatic carbocycles. The minimum Gasteiger partial charge on any atom is -0.489 e. The number of carbonyl (C=O) groups excluding carboxylic acids is 1. The van der Waals surface area contributed by atoms with Crippen LogP contribution in [0.2, 0.25) is 0 Å². The number of esters is 1. The lowest BCUT2D eigenvalue weighted by atomic mass is 10.1. The van der Waals surface area contributed by atoms with Crippen molar-refractivity contribution >= 4 is 16.9 Å². The van der Waals surface area contributed by atoms with E-state index in [9.17, 15) is 4.79 Å². The van der Waals surface area contributed by atoms with Gasteiger partial charge in [-0.25, -0.2) is 4.79 Å². The Hall–Kier alpha value is -2.75. The lowest BCUT2D eigenvalue weighted by Gasteiger charge is -2.08. The summed E-state index contributed by atoms with van der Waals surface area (Å²) in [6.45, 7) is 3.33. The number of hydrogen-bond donors (Lipinski definition) is 0. The topological polar surface area (TPSA) is 40.5 Å². The van der Waals surface area contributed by atoms with Crippen LogP contribution in [-0.2, 0) is 17.9 Å². The molecule has 0 fully saturated rings. The lowest BCUT2D eigenvalue weighted by molar-refractivity contribution is 0.0602. The van der Waals surface area contributed by atoms with E-state index >= 15 is 0 Å². The van der Waals surface area contributed by atoms with E-state index in [0.717, 1.165) is 28.8 Å². The van der Waals surface area contributed by atoms with Gasteiger partial charge in [0, 0.05) is 24.2 Å². The molecule has 0 aliphatic rings. The molecule has 3 aromatic rings. The fourth-order valence-electron chi connectivity index (χ4n) is 2.64. The van der Waals surface area contributed by atoms with Crippen molar-refractivity contribution in [1.82, 2.24) is 4.57 Å². The van der Waals surface area contributed by atoms with Crippen molar-refractivity contribution in [2.45, 2.75) is 20.1 Å². The van der Waals surface area contributed by atoms with Crippen LogP contribution in [0.5, 0.6) is 5.75 Å². The fraction of sp³-hybridized carbons (Fsp3) is 0.211. The van der Waals surface area contributed by atoms with Gasteiger partial charge in [0.15, 0.2) is 0 Å². The summed E-state index contributed by atoms with van der Waals surface area (Å²) in [6, 6.07) is 15.8. The first-order valence-corrected chi connectivity index (χ1v) is 7.61. The SMILES string of the molecule is CCn1cc(C(=O)OC)c2ccc(OCc3ccccc3)cc21. The van der Waals surface area contributed by atoms with Gasteiger partial charge in [-0.3, -0.25) is 0 Å². The Morgan fingerprint density at radius 2 is 1.91 bits per heavy atom. The molecule has 4 nitrogen and oxygen atoms in total. The summed E-state index contributed by atoms with van der Waals surface area (Å²) in [5, 5.41) is 0.880. The van der Waals surface area contributed by atoms with Crippen molar-refractivity contribution in [1.29, 1.82) is 0 Å². The van der Waals surface area contributed by atoms with Gasteiger partial charge in [-0.15, -0.1) is 0 Å².